The minimum absolute atomic E-state index is 1.01. The quantitative estimate of drug-likeness (QED) is 0.161. The Morgan fingerprint density at radius 3 is 0.500 bits per heavy atom. The van der Waals surface area contributed by atoms with Crippen molar-refractivity contribution in [3.63, 3.8) is 0 Å². The zero-order valence-electron chi connectivity index (χ0n) is 30.9. The van der Waals surface area contributed by atoms with Gasteiger partial charge >= 0.3 is 0 Å². The molecule has 1 aliphatic rings. The molecule has 0 saturated carbocycles. The monoisotopic (exact) mass is 720 g/mol. The second kappa shape index (κ2) is 14.0. The predicted molar refractivity (Wildman–Crippen MR) is 225 cm³/mol. The van der Waals surface area contributed by atoms with Crippen LogP contribution in [0.25, 0.3) is 0 Å². The second-order valence-corrected chi connectivity index (χ2v) is 59.4. The van der Waals surface area contributed by atoms with E-state index in [-0.39, 0.29) is 0 Å². The maximum atomic E-state index is 3.79. The van der Waals surface area contributed by atoms with Crippen LogP contribution in [0.1, 0.15) is 33.4 Å². The summed E-state index contributed by atoms with van der Waals surface area (Å²) in [5, 5.41) is 0. The molecule has 0 aromatic heterocycles. The van der Waals surface area contributed by atoms with Gasteiger partial charge in [-0.15, -0.1) is 33.3 Å². The van der Waals surface area contributed by atoms with E-state index in [9.17, 15) is 0 Å². The van der Waals surface area contributed by atoms with E-state index in [1.54, 1.807) is 0 Å². The molecule has 0 aliphatic carbocycles. The molecule has 0 bridgehead atoms. The van der Waals surface area contributed by atoms with Gasteiger partial charge in [0.25, 0.3) is 0 Å². The van der Waals surface area contributed by atoms with Gasteiger partial charge in [0.05, 0.1) is 0 Å². The largest absolute Gasteiger partial charge is 0.138 e. The van der Waals surface area contributed by atoms with E-state index in [0.29, 0.717) is 0 Å². The fourth-order valence-corrected chi connectivity index (χ4v) is 15.7. The van der Waals surface area contributed by atoms with E-state index in [0.717, 1.165) is 33.4 Å². The molecule has 0 atom stereocenters. The summed E-state index contributed by atoms with van der Waals surface area (Å²) in [5.74, 6) is 21.6. The average molecular weight is 721 g/mol. The number of fused-ring (bicyclic) bond motifs is 3. The van der Waals surface area contributed by atoms with Gasteiger partial charge in [-0.05, 0) is 36.4 Å². The Bertz CT molecular complexity index is 1730. The fraction of sp³-hybridized carbons (Fsp3) is 0.286. The molecule has 0 N–H and O–H groups in total. The Kier molecular flexibility index (Phi) is 10.9. The first-order valence-corrected chi connectivity index (χ1v) is 37.7. The zero-order chi connectivity index (χ0) is 35.4. The van der Waals surface area contributed by atoms with Crippen molar-refractivity contribution >= 4 is 45.5 Å². The number of hydrogen-bond donors (Lipinski definition) is 0. The summed E-state index contributed by atoms with van der Waals surface area (Å²) in [7, 11) is -12.0. The smallest absolute Gasteiger partial charge is 0.128 e. The summed E-state index contributed by atoms with van der Waals surface area (Å²) >= 11 is 0. The van der Waals surface area contributed by atoms with Crippen molar-refractivity contribution in [3.05, 3.63) is 106 Å². The number of rotatable bonds is 0. The molecular formula is C42H48Si6. The normalized spacial score (nSPS) is 19.0. The van der Waals surface area contributed by atoms with E-state index < -0.39 is 45.5 Å². The van der Waals surface area contributed by atoms with Gasteiger partial charge in [0.1, 0.15) is 45.5 Å². The highest BCUT2D eigenvalue weighted by Crippen LogP contribution is 2.22. The van der Waals surface area contributed by atoms with Crippen LogP contribution in [-0.2, 0) is 0 Å². The molecule has 1 aliphatic heterocycles. The lowest BCUT2D eigenvalue weighted by Crippen LogP contribution is -2.53. The lowest BCUT2D eigenvalue weighted by atomic mass is 10.1. The first-order valence-electron chi connectivity index (χ1n) is 16.7. The molecule has 4 rings (SSSR count). The first kappa shape index (κ1) is 37.1. The molecule has 6 heteroatoms. The summed E-state index contributed by atoms with van der Waals surface area (Å²) < 4.78 is 0. The van der Waals surface area contributed by atoms with Crippen molar-refractivity contribution in [2.75, 3.05) is 0 Å². The van der Waals surface area contributed by atoms with Crippen LogP contribution >= 0.6 is 0 Å². The van der Waals surface area contributed by atoms with Gasteiger partial charge in [-0.2, -0.15) is 0 Å². The van der Waals surface area contributed by atoms with Crippen LogP contribution in [0.3, 0.4) is 0 Å². The van der Waals surface area contributed by atoms with Crippen molar-refractivity contribution in [2.45, 2.75) is 78.6 Å². The van der Waals surface area contributed by atoms with E-state index in [1.807, 2.05) is 0 Å². The van der Waals surface area contributed by atoms with Crippen LogP contribution in [-0.4, -0.2) is 45.5 Å². The lowest BCUT2D eigenvalue weighted by Gasteiger charge is -2.28. The molecule has 3 aromatic rings. The van der Waals surface area contributed by atoms with E-state index in [4.69, 9.17) is 0 Å². The first-order chi connectivity index (χ1) is 22.3. The Morgan fingerprint density at radius 2 is 0.375 bits per heavy atom. The molecule has 0 saturated heterocycles. The Hall–Kier alpha value is -3.68. The molecule has 0 fully saturated rings. The molecule has 0 radical (unpaired) electrons. The topological polar surface area (TPSA) is 0 Å². The summed E-state index contributed by atoms with van der Waals surface area (Å²) in [4.78, 5) is 0. The minimum atomic E-state index is -2.00. The minimum Gasteiger partial charge on any atom is -0.128 e. The van der Waals surface area contributed by atoms with Crippen molar-refractivity contribution in [2.24, 2.45) is 0 Å². The molecular weight excluding hydrogens is 673 g/mol. The van der Waals surface area contributed by atoms with Crippen LogP contribution in [0.15, 0.2) is 72.8 Å². The Morgan fingerprint density at radius 1 is 0.250 bits per heavy atom. The van der Waals surface area contributed by atoms with Gasteiger partial charge in [0.2, 0.25) is 0 Å². The summed E-state index contributed by atoms with van der Waals surface area (Å²) in [6.07, 6.45) is 0. The predicted octanol–water partition coefficient (Wildman–Crippen LogP) is 8.93. The maximum absolute atomic E-state index is 3.79. The number of hydrogen-bond acceptors (Lipinski definition) is 0. The van der Waals surface area contributed by atoms with E-state index in [2.05, 4.69) is 220 Å². The van der Waals surface area contributed by atoms with E-state index in [1.165, 1.54) is 0 Å². The molecule has 1 heterocycles. The van der Waals surface area contributed by atoms with Gasteiger partial charge < -0.3 is 0 Å². The van der Waals surface area contributed by atoms with Crippen LogP contribution in [0.2, 0.25) is 78.6 Å². The zero-order valence-corrected chi connectivity index (χ0v) is 36.9. The van der Waals surface area contributed by atoms with Crippen molar-refractivity contribution in [1.82, 2.24) is 0 Å². The van der Waals surface area contributed by atoms with Gasteiger partial charge in [-0.25, -0.2) is 0 Å². The third-order valence-corrected chi connectivity index (χ3v) is 54.8. The second-order valence-electron chi connectivity index (χ2n) is 15.9. The standard InChI is InChI=1S/C42H48Si6/c1-43(2)31-25-37-19-13-14-21-39(37)27-33-45(5,6)47(9,10)35-29-41-23-17-18-24-42(41)30-36-48(11,12)46(7,8)34-28-40-22-16-15-20-38(40)26-32-44(43,3)4/h13-24H,1-12H3. The Balaban J connectivity index is 1.96. The third kappa shape index (κ3) is 8.48. The van der Waals surface area contributed by atoms with Gasteiger partial charge in [0, 0.05) is 33.4 Å². The summed E-state index contributed by atoms with van der Waals surface area (Å²) in [6.45, 7) is 28.6. The third-order valence-electron chi connectivity index (χ3n) is 10.5. The lowest BCUT2D eigenvalue weighted by molar-refractivity contribution is 1.59. The molecule has 48 heavy (non-hydrogen) atoms. The van der Waals surface area contributed by atoms with Crippen molar-refractivity contribution in [1.29, 1.82) is 0 Å². The van der Waals surface area contributed by atoms with Crippen LogP contribution in [0, 0.1) is 68.8 Å². The van der Waals surface area contributed by atoms with Crippen molar-refractivity contribution < 1.29 is 0 Å². The molecule has 3 aromatic carbocycles. The SMILES string of the molecule is C[Si]1(C)C#Cc2ccccc2C#C[Si](C)(C)[Si](C)(C)C#Cc2ccccc2C#C[Si](C)(C)[Si](C)(C)C#Cc2ccccc2C#C[Si]1(C)C. The van der Waals surface area contributed by atoms with E-state index >= 15 is 0 Å². The van der Waals surface area contributed by atoms with Gasteiger partial charge in [-0.3, -0.25) is 0 Å². The maximum Gasteiger partial charge on any atom is 0.138 e. The highest BCUT2D eigenvalue weighted by atomic mass is 29.3. The summed E-state index contributed by atoms with van der Waals surface area (Å²) in [5.41, 5.74) is 28.8. The number of benzene rings is 3. The van der Waals surface area contributed by atoms with Gasteiger partial charge in [-0.1, -0.05) is 150 Å². The average Bonchev–Trinajstić information content (AvgIpc) is 3.03. The Labute approximate surface area is 297 Å². The summed E-state index contributed by atoms with van der Waals surface area (Å²) in [6, 6.07) is 25.1. The molecule has 0 nitrogen and oxygen atoms in total. The highest BCUT2D eigenvalue weighted by Gasteiger charge is 2.41. The highest BCUT2D eigenvalue weighted by molar-refractivity contribution is 7.47. The molecule has 0 unspecified atom stereocenters. The van der Waals surface area contributed by atoms with Crippen LogP contribution < -0.4 is 0 Å². The van der Waals surface area contributed by atoms with Crippen molar-refractivity contribution in [3.8, 4) is 68.8 Å². The molecule has 240 valence electrons. The molecule has 0 spiro atoms. The fourth-order valence-electron chi connectivity index (χ4n) is 4.38. The molecule has 0 amide bonds. The van der Waals surface area contributed by atoms with Gasteiger partial charge in [0.15, 0.2) is 0 Å². The van der Waals surface area contributed by atoms with Crippen LogP contribution in [0.4, 0.5) is 0 Å². The van der Waals surface area contributed by atoms with Crippen LogP contribution in [0.5, 0.6) is 0 Å².